The van der Waals surface area contributed by atoms with Crippen molar-refractivity contribution in [2.75, 3.05) is 13.7 Å². The maximum Gasteiger partial charge on any atom is 0.303 e. The van der Waals surface area contributed by atoms with Gasteiger partial charge in [-0.2, -0.15) is 0 Å². The highest BCUT2D eigenvalue weighted by Gasteiger charge is 2.23. The highest BCUT2D eigenvalue weighted by Crippen LogP contribution is 2.09. The number of esters is 2. The van der Waals surface area contributed by atoms with Crippen LogP contribution in [0.3, 0.4) is 0 Å². The molecule has 0 aliphatic rings. The van der Waals surface area contributed by atoms with Crippen LogP contribution in [0.4, 0.5) is 0 Å². The van der Waals surface area contributed by atoms with Gasteiger partial charge < -0.3 is 14.2 Å². The van der Waals surface area contributed by atoms with E-state index in [9.17, 15) is 9.59 Å². The van der Waals surface area contributed by atoms with Crippen LogP contribution in [-0.4, -0.2) is 37.9 Å². The smallest absolute Gasteiger partial charge is 0.303 e. The SMILES string of the molecule is COC(COC(C)=O)C(/C=C/C(C)C)OC(C)=O. The largest absolute Gasteiger partial charge is 0.463 e. The molecule has 5 nitrogen and oxygen atoms in total. The normalized spacial score (nSPS) is 14.6. The highest BCUT2D eigenvalue weighted by molar-refractivity contribution is 5.66. The third-order valence-corrected chi connectivity index (χ3v) is 2.11. The molecule has 104 valence electrons. The predicted octanol–water partition coefficient (Wildman–Crippen LogP) is 1.71. The number of rotatable bonds is 7. The number of allylic oxidation sites excluding steroid dienone is 1. The fourth-order valence-electron chi connectivity index (χ4n) is 1.26. The molecule has 0 rings (SSSR count). The number of hydrogen-bond acceptors (Lipinski definition) is 5. The molecular weight excluding hydrogens is 236 g/mol. The predicted molar refractivity (Wildman–Crippen MR) is 67.0 cm³/mol. The molecule has 0 radical (unpaired) electrons. The van der Waals surface area contributed by atoms with E-state index in [0.29, 0.717) is 5.92 Å². The van der Waals surface area contributed by atoms with Crippen LogP contribution in [0.5, 0.6) is 0 Å². The lowest BCUT2D eigenvalue weighted by molar-refractivity contribution is -0.156. The third-order valence-electron chi connectivity index (χ3n) is 2.11. The van der Waals surface area contributed by atoms with Crippen LogP contribution in [0, 0.1) is 5.92 Å². The molecular formula is C13H22O5. The van der Waals surface area contributed by atoms with E-state index >= 15 is 0 Å². The molecule has 0 aromatic rings. The molecule has 2 unspecified atom stereocenters. The Morgan fingerprint density at radius 2 is 1.72 bits per heavy atom. The van der Waals surface area contributed by atoms with E-state index < -0.39 is 24.1 Å². The van der Waals surface area contributed by atoms with Gasteiger partial charge in [0.15, 0.2) is 0 Å². The van der Waals surface area contributed by atoms with E-state index in [1.807, 2.05) is 19.9 Å². The van der Waals surface area contributed by atoms with Crippen LogP contribution in [0.1, 0.15) is 27.7 Å². The third kappa shape index (κ3) is 7.84. The summed E-state index contributed by atoms with van der Waals surface area (Å²) in [7, 11) is 1.48. The lowest BCUT2D eigenvalue weighted by Crippen LogP contribution is -2.35. The second kappa shape index (κ2) is 8.69. The summed E-state index contributed by atoms with van der Waals surface area (Å²) in [5.41, 5.74) is 0. The molecule has 0 N–H and O–H groups in total. The summed E-state index contributed by atoms with van der Waals surface area (Å²) < 4.78 is 15.2. The maximum atomic E-state index is 11.0. The molecule has 0 fully saturated rings. The minimum Gasteiger partial charge on any atom is -0.463 e. The zero-order chi connectivity index (χ0) is 14.1. The number of ether oxygens (including phenoxy) is 3. The Balaban J connectivity index is 4.65. The number of methoxy groups -OCH3 is 1. The van der Waals surface area contributed by atoms with Crippen LogP contribution in [0.2, 0.25) is 0 Å². The molecule has 0 aromatic carbocycles. The summed E-state index contributed by atoms with van der Waals surface area (Å²) in [4.78, 5) is 21.8. The van der Waals surface area contributed by atoms with Gasteiger partial charge in [0.05, 0.1) is 0 Å². The van der Waals surface area contributed by atoms with Crippen molar-refractivity contribution in [3.05, 3.63) is 12.2 Å². The van der Waals surface area contributed by atoms with Gasteiger partial charge in [-0.1, -0.05) is 19.9 Å². The summed E-state index contributed by atoms with van der Waals surface area (Å²) in [5.74, 6) is -0.473. The van der Waals surface area contributed by atoms with Crippen molar-refractivity contribution in [1.29, 1.82) is 0 Å². The molecule has 0 saturated carbocycles. The fraction of sp³-hybridized carbons (Fsp3) is 0.692. The lowest BCUT2D eigenvalue weighted by atomic mass is 10.1. The van der Waals surface area contributed by atoms with Crippen LogP contribution < -0.4 is 0 Å². The Labute approximate surface area is 108 Å². The Morgan fingerprint density at radius 1 is 1.11 bits per heavy atom. The summed E-state index contributed by atoms with van der Waals surface area (Å²) in [5, 5.41) is 0. The first-order valence-corrected chi connectivity index (χ1v) is 5.88. The molecule has 0 bridgehead atoms. The molecule has 0 amide bonds. The van der Waals surface area contributed by atoms with E-state index in [1.165, 1.54) is 21.0 Å². The van der Waals surface area contributed by atoms with Crippen molar-refractivity contribution in [1.82, 2.24) is 0 Å². The summed E-state index contributed by atoms with van der Waals surface area (Å²) in [6, 6.07) is 0. The standard InChI is InChI=1S/C13H22O5/c1-9(2)6-7-12(18-11(4)15)13(16-5)8-17-10(3)14/h6-7,9,12-13H,8H2,1-5H3/b7-6+. The summed E-state index contributed by atoms with van der Waals surface area (Å²) in [6.45, 7) is 6.71. The van der Waals surface area contributed by atoms with Crippen molar-refractivity contribution in [2.24, 2.45) is 5.92 Å². The monoisotopic (exact) mass is 258 g/mol. The quantitative estimate of drug-likeness (QED) is 0.514. The van der Waals surface area contributed by atoms with Gasteiger partial charge in [-0.15, -0.1) is 0 Å². The first kappa shape index (κ1) is 16.6. The Kier molecular flexibility index (Phi) is 8.03. The second-order valence-corrected chi connectivity index (χ2v) is 4.28. The topological polar surface area (TPSA) is 61.8 Å². The van der Waals surface area contributed by atoms with Crippen LogP contribution >= 0.6 is 0 Å². The average Bonchev–Trinajstić information content (AvgIpc) is 2.25. The van der Waals surface area contributed by atoms with Gasteiger partial charge in [-0.3, -0.25) is 9.59 Å². The van der Waals surface area contributed by atoms with E-state index in [-0.39, 0.29) is 6.61 Å². The highest BCUT2D eigenvalue weighted by atomic mass is 16.6. The zero-order valence-electron chi connectivity index (χ0n) is 11.6. The first-order chi connectivity index (χ1) is 8.36. The van der Waals surface area contributed by atoms with Crippen molar-refractivity contribution < 1.29 is 23.8 Å². The maximum absolute atomic E-state index is 11.0. The minimum absolute atomic E-state index is 0.0478. The van der Waals surface area contributed by atoms with Gasteiger partial charge >= 0.3 is 11.9 Å². The van der Waals surface area contributed by atoms with Gasteiger partial charge in [0.1, 0.15) is 18.8 Å². The average molecular weight is 258 g/mol. The van der Waals surface area contributed by atoms with Gasteiger partial charge in [0.2, 0.25) is 0 Å². The fourth-order valence-corrected chi connectivity index (χ4v) is 1.26. The molecule has 0 aromatic heterocycles. The second-order valence-electron chi connectivity index (χ2n) is 4.28. The van der Waals surface area contributed by atoms with Gasteiger partial charge in [-0.25, -0.2) is 0 Å². The van der Waals surface area contributed by atoms with Gasteiger partial charge in [0.25, 0.3) is 0 Å². The van der Waals surface area contributed by atoms with Crippen molar-refractivity contribution in [2.45, 2.75) is 39.9 Å². The van der Waals surface area contributed by atoms with Crippen molar-refractivity contribution in [3.63, 3.8) is 0 Å². The molecule has 5 heteroatoms. The molecule has 2 atom stereocenters. The minimum atomic E-state index is -0.561. The number of carbonyl (C=O) groups is 2. The lowest BCUT2D eigenvalue weighted by Gasteiger charge is -2.22. The van der Waals surface area contributed by atoms with Crippen LogP contribution in [0.25, 0.3) is 0 Å². The Bertz CT molecular complexity index is 296. The summed E-state index contributed by atoms with van der Waals surface area (Å²) >= 11 is 0. The molecule has 0 aliphatic heterocycles. The first-order valence-electron chi connectivity index (χ1n) is 5.88. The molecule has 0 spiro atoms. The van der Waals surface area contributed by atoms with Crippen LogP contribution in [0.15, 0.2) is 12.2 Å². The van der Waals surface area contributed by atoms with Crippen molar-refractivity contribution in [3.8, 4) is 0 Å². The summed E-state index contributed by atoms with van der Waals surface area (Å²) in [6.07, 6.45) is 2.60. The molecule has 0 heterocycles. The van der Waals surface area contributed by atoms with Crippen molar-refractivity contribution >= 4 is 11.9 Å². The zero-order valence-corrected chi connectivity index (χ0v) is 11.6. The number of carbonyl (C=O) groups excluding carboxylic acids is 2. The van der Waals surface area contributed by atoms with E-state index in [1.54, 1.807) is 6.08 Å². The van der Waals surface area contributed by atoms with E-state index in [2.05, 4.69) is 0 Å². The number of hydrogen-bond donors (Lipinski definition) is 0. The Hall–Kier alpha value is -1.36. The Morgan fingerprint density at radius 3 is 2.11 bits per heavy atom. The van der Waals surface area contributed by atoms with Crippen LogP contribution in [-0.2, 0) is 23.8 Å². The van der Waals surface area contributed by atoms with E-state index in [0.717, 1.165) is 0 Å². The molecule has 0 aliphatic carbocycles. The van der Waals surface area contributed by atoms with Gasteiger partial charge in [0, 0.05) is 21.0 Å². The van der Waals surface area contributed by atoms with E-state index in [4.69, 9.17) is 14.2 Å². The molecule has 0 saturated heterocycles. The molecule has 18 heavy (non-hydrogen) atoms. The van der Waals surface area contributed by atoms with Gasteiger partial charge in [-0.05, 0) is 12.0 Å².